The molecule has 31 heavy (non-hydrogen) atoms. The van der Waals surface area contributed by atoms with Gasteiger partial charge in [-0.1, -0.05) is 31.5 Å². The SMILES string of the molecule is CC(C)Cn1c(C(=O)N(C)C)c2c(c(O)c1=O)C(=O)N(Cc1ccc(F)c(Cl)c1)CC2. The van der Waals surface area contributed by atoms with Crippen LogP contribution in [0.1, 0.15) is 45.8 Å². The van der Waals surface area contributed by atoms with Gasteiger partial charge in [-0.25, -0.2) is 4.39 Å². The van der Waals surface area contributed by atoms with Crippen LogP contribution >= 0.6 is 11.6 Å². The van der Waals surface area contributed by atoms with Gasteiger partial charge in [-0.15, -0.1) is 0 Å². The fourth-order valence-corrected chi connectivity index (χ4v) is 3.95. The van der Waals surface area contributed by atoms with Gasteiger partial charge in [0.1, 0.15) is 11.5 Å². The molecule has 0 atom stereocenters. The summed E-state index contributed by atoms with van der Waals surface area (Å²) in [5.41, 5.74) is 0.205. The maximum atomic E-state index is 13.4. The van der Waals surface area contributed by atoms with E-state index in [1.165, 1.54) is 32.6 Å². The Morgan fingerprint density at radius 2 is 1.97 bits per heavy atom. The van der Waals surface area contributed by atoms with E-state index in [0.29, 0.717) is 11.1 Å². The van der Waals surface area contributed by atoms with Crippen LogP contribution in [-0.4, -0.2) is 51.9 Å². The van der Waals surface area contributed by atoms with Gasteiger partial charge in [-0.3, -0.25) is 14.4 Å². The fourth-order valence-electron chi connectivity index (χ4n) is 3.75. The molecule has 2 heterocycles. The van der Waals surface area contributed by atoms with Crippen molar-refractivity contribution < 1.29 is 19.1 Å². The zero-order chi connectivity index (χ0) is 23.0. The maximum Gasteiger partial charge on any atom is 0.294 e. The molecule has 7 nitrogen and oxygen atoms in total. The minimum Gasteiger partial charge on any atom is -0.502 e. The molecule has 0 radical (unpaired) electrons. The predicted octanol–water partition coefficient (Wildman–Crippen LogP) is 2.90. The van der Waals surface area contributed by atoms with E-state index in [2.05, 4.69) is 0 Å². The molecule has 166 valence electrons. The van der Waals surface area contributed by atoms with Gasteiger partial charge in [0, 0.05) is 39.3 Å². The quantitative estimate of drug-likeness (QED) is 0.760. The molecule has 1 aliphatic heterocycles. The van der Waals surface area contributed by atoms with Gasteiger partial charge in [0.25, 0.3) is 17.4 Å². The molecule has 0 saturated carbocycles. The maximum absolute atomic E-state index is 13.4. The van der Waals surface area contributed by atoms with E-state index in [0.717, 1.165) is 0 Å². The monoisotopic (exact) mass is 449 g/mol. The number of pyridine rings is 1. The molecule has 0 spiro atoms. The number of carbonyl (C=O) groups is 2. The standard InChI is InChI=1S/C22H25ClFN3O4/c1-12(2)10-27-18(21(30)25(3)4)14-7-8-26(20(29)17(14)19(28)22(27)31)11-13-5-6-16(24)15(23)9-13/h5-6,9,12,28H,7-8,10-11H2,1-4H3. The highest BCUT2D eigenvalue weighted by Crippen LogP contribution is 2.30. The second kappa shape index (κ2) is 8.70. The Kier molecular flexibility index (Phi) is 6.40. The topological polar surface area (TPSA) is 82.8 Å². The first-order valence-corrected chi connectivity index (χ1v) is 10.3. The van der Waals surface area contributed by atoms with Crippen LogP contribution in [0.3, 0.4) is 0 Å². The van der Waals surface area contributed by atoms with Crippen molar-refractivity contribution in [1.82, 2.24) is 14.4 Å². The molecular formula is C22H25ClFN3O4. The van der Waals surface area contributed by atoms with E-state index in [1.807, 2.05) is 13.8 Å². The largest absolute Gasteiger partial charge is 0.502 e. The van der Waals surface area contributed by atoms with Gasteiger partial charge >= 0.3 is 0 Å². The molecule has 2 aromatic rings. The summed E-state index contributed by atoms with van der Waals surface area (Å²) in [5, 5.41) is 10.6. The first kappa shape index (κ1) is 22.8. The van der Waals surface area contributed by atoms with E-state index in [4.69, 9.17) is 11.6 Å². The van der Waals surface area contributed by atoms with E-state index in [9.17, 15) is 23.9 Å². The molecule has 2 amide bonds. The lowest BCUT2D eigenvalue weighted by molar-refractivity contribution is 0.0719. The average Bonchev–Trinajstić information content (AvgIpc) is 2.69. The number of hydrogen-bond donors (Lipinski definition) is 1. The lowest BCUT2D eigenvalue weighted by atomic mass is 9.95. The molecule has 1 aliphatic rings. The third-order valence-electron chi connectivity index (χ3n) is 5.19. The number of amides is 2. The molecular weight excluding hydrogens is 425 g/mol. The molecule has 1 aromatic heterocycles. The van der Waals surface area contributed by atoms with Gasteiger partial charge in [-0.05, 0) is 30.0 Å². The van der Waals surface area contributed by atoms with Crippen molar-refractivity contribution in [3.63, 3.8) is 0 Å². The number of hydrogen-bond acceptors (Lipinski definition) is 4. The van der Waals surface area contributed by atoms with Crippen molar-refractivity contribution in [2.45, 2.75) is 33.4 Å². The molecule has 1 aromatic carbocycles. The number of benzene rings is 1. The van der Waals surface area contributed by atoms with Crippen molar-refractivity contribution in [3.8, 4) is 5.75 Å². The van der Waals surface area contributed by atoms with Gasteiger partial charge in [0.2, 0.25) is 0 Å². The highest BCUT2D eigenvalue weighted by atomic mass is 35.5. The number of nitrogens with zero attached hydrogens (tertiary/aromatic N) is 3. The molecule has 9 heteroatoms. The van der Waals surface area contributed by atoms with E-state index >= 15 is 0 Å². The van der Waals surface area contributed by atoms with Crippen molar-refractivity contribution in [1.29, 1.82) is 0 Å². The predicted molar refractivity (Wildman–Crippen MR) is 115 cm³/mol. The van der Waals surface area contributed by atoms with Crippen molar-refractivity contribution >= 4 is 23.4 Å². The van der Waals surface area contributed by atoms with Crippen LogP contribution in [0.5, 0.6) is 5.75 Å². The Labute approximate surface area is 184 Å². The molecule has 0 fully saturated rings. The second-order valence-corrected chi connectivity index (χ2v) is 8.69. The summed E-state index contributed by atoms with van der Waals surface area (Å²) < 4.78 is 14.7. The molecule has 0 bridgehead atoms. The Bertz CT molecular complexity index is 1110. The lowest BCUT2D eigenvalue weighted by Gasteiger charge is -2.32. The summed E-state index contributed by atoms with van der Waals surface area (Å²) in [6, 6.07) is 4.17. The summed E-state index contributed by atoms with van der Waals surface area (Å²) in [6.45, 7) is 4.43. The summed E-state index contributed by atoms with van der Waals surface area (Å²) >= 11 is 5.83. The fraction of sp³-hybridized carbons (Fsp3) is 0.409. The van der Waals surface area contributed by atoms with E-state index < -0.39 is 28.9 Å². The summed E-state index contributed by atoms with van der Waals surface area (Å²) in [4.78, 5) is 41.9. The zero-order valence-corrected chi connectivity index (χ0v) is 18.7. The van der Waals surface area contributed by atoms with Crippen LogP contribution in [0, 0.1) is 11.7 Å². The van der Waals surface area contributed by atoms with Crippen molar-refractivity contribution in [2.24, 2.45) is 5.92 Å². The third-order valence-corrected chi connectivity index (χ3v) is 5.48. The van der Waals surface area contributed by atoms with E-state index in [-0.39, 0.29) is 48.3 Å². The lowest BCUT2D eigenvalue weighted by Crippen LogP contribution is -2.42. The highest BCUT2D eigenvalue weighted by Gasteiger charge is 2.35. The minimum absolute atomic E-state index is 0.0443. The first-order chi connectivity index (χ1) is 14.5. The van der Waals surface area contributed by atoms with Gasteiger partial charge < -0.3 is 19.5 Å². The van der Waals surface area contributed by atoms with Crippen LogP contribution in [-0.2, 0) is 19.5 Å². The van der Waals surface area contributed by atoms with E-state index in [1.54, 1.807) is 14.1 Å². The summed E-state index contributed by atoms with van der Waals surface area (Å²) in [5.74, 6) is -2.13. The first-order valence-electron chi connectivity index (χ1n) is 9.96. The highest BCUT2D eigenvalue weighted by molar-refractivity contribution is 6.30. The molecule has 0 unspecified atom stereocenters. The Morgan fingerprint density at radius 3 is 2.55 bits per heavy atom. The summed E-state index contributed by atoms with van der Waals surface area (Å²) in [7, 11) is 3.14. The third kappa shape index (κ3) is 4.30. The number of aromatic nitrogens is 1. The normalized spacial score (nSPS) is 13.5. The number of fused-ring (bicyclic) bond motifs is 1. The average molecular weight is 450 g/mol. The zero-order valence-electron chi connectivity index (χ0n) is 17.9. The van der Waals surface area contributed by atoms with Crippen LogP contribution in [0.15, 0.2) is 23.0 Å². The number of halogens is 2. The van der Waals surface area contributed by atoms with Crippen molar-refractivity contribution in [3.05, 3.63) is 61.8 Å². The number of aromatic hydroxyl groups is 1. The van der Waals surface area contributed by atoms with Gasteiger partial charge in [0.15, 0.2) is 5.75 Å². The molecule has 0 aliphatic carbocycles. The number of rotatable bonds is 5. The molecule has 0 saturated heterocycles. The van der Waals surface area contributed by atoms with Crippen molar-refractivity contribution in [2.75, 3.05) is 20.6 Å². The van der Waals surface area contributed by atoms with Crippen LogP contribution in [0.4, 0.5) is 4.39 Å². The Hall–Kier alpha value is -2.87. The van der Waals surface area contributed by atoms with Crippen LogP contribution in [0.25, 0.3) is 0 Å². The van der Waals surface area contributed by atoms with Gasteiger partial charge in [-0.2, -0.15) is 0 Å². The van der Waals surface area contributed by atoms with Crippen LogP contribution < -0.4 is 5.56 Å². The van der Waals surface area contributed by atoms with Crippen LogP contribution in [0.2, 0.25) is 5.02 Å². The minimum atomic E-state index is -0.766. The molecule has 1 N–H and O–H groups in total. The number of carbonyl (C=O) groups excluding carboxylic acids is 2. The Balaban J connectivity index is 2.10. The Morgan fingerprint density at radius 1 is 1.29 bits per heavy atom. The molecule has 3 rings (SSSR count). The summed E-state index contributed by atoms with van der Waals surface area (Å²) in [6.07, 6.45) is 0.289. The second-order valence-electron chi connectivity index (χ2n) is 8.29. The van der Waals surface area contributed by atoms with Gasteiger partial charge in [0.05, 0.1) is 10.6 Å². The smallest absolute Gasteiger partial charge is 0.294 e.